The maximum atomic E-state index is 12.3. The van der Waals surface area contributed by atoms with Crippen molar-refractivity contribution in [2.24, 2.45) is 5.73 Å². The number of phenolic OH excluding ortho intramolecular Hbond substituents is 1. The number of carbonyl (C=O) groups is 1. The summed E-state index contributed by atoms with van der Waals surface area (Å²) >= 11 is 0. The highest BCUT2D eigenvalue weighted by Gasteiger charge is 2.38. The van der Waals surface area contributed by atoms with E-state index in [4.69, 9.17) is 5.73 Å². The van der Waals surface area contributed by atoms with Gasteiger partial charge in [-0.15, -0.1) is 12.4 Å². The van der Waals surface area contributed by atoms with Crippen molar-refractivity contribution in [3.8, 4) is 11.5 Å². The van der Waals surface area contributed by atoms with Gasteiger partial charge in [-0.3, -0.25) is 4.79 Å². The Hall–Kier alpha value is -1.47. The van der Waals surface area contributed by atoms with E-state index in [0.29, 0.717) is 0 Å². The average Bonchev–Trinajstić information content (AvgIpc) is 2.18. The molecule has 0 fully saturated rings. The van der Waals surface area contributed by atoms with E-state index in [0.717, 1.165) is 25.1 Å². The maximum Gasteiger partial charge on any atom is 0.407 e. The van der Waals surface area contributed by atoms with Crippen molar-refractivity contribution >= 4 is 18.4 Å². The SMILES string of the molecule is CC(=O)Oc1ccc([C@@H](N)C(F)(F)F)cc1O.Cl. The van der Waals surface area contributed by atoms with E-state index in [9.17, 15) is 23.1 Å². The van der Waals surface area contributed by atoms with Gasteiger partial charge in [0, 0.05) is 6.92 Å². The van der Waals surface area contributed by atoms with Crippen molar-refractivity contribution in [1.29, 1.82) is 0 Å². The summed E-state index contributed by atoms with van der Waals surface area (Å²) in [5.74, 6) is -1.47. The molecule has 4 nitrogen and oxygen atoms in total. The summed E-state index contributed by atoms with van der Waals surface area (Å²) in [7, 11) is 0. The third-order valence-corrected chi connectivity index (χ3v) is 1.95. The number of esters is 1. The number of alkyl halides is 3. The highest BCUT2D eigenvalue weighted by Crippen LogP contribution is 2.35. The van der Waals surface area contributed by atoms with Gasteiger partial charge in [-0.25, -0.2) is 0 Å². The molecule has 0 amide bonds. The van der Waals surface area contributed by atoms with E-state index < -0.39 is 23.9 Å². The minimum atomic E-state index is -4.60. The fraction of sp³-hybridized carbons (Fsp3) is 0.300. The van der Waals surface area contributed by atoms with Crippen LogP contribution in [0.25, 0.3) is 0 Å². The predicted molar refractivity (Wildman–Crippen MR) is 59.6 cm³/mol. The third-order valence-electron chi connectivity index (χ3n) is 1.95. The summed E-state index contributed by atoms with van der Waals surface area (Å²) in [5.41, 5.74) is 4.63. The number of rotatable bonds is 2. The van der Waals surface area contributed by atoms with Crippen LogP contribution in [0.5, 0.6) is 11.5 Å². The lowest BCUT2D eigenvalue weighted by Gasteiger charge is -2.16. The van der Waals surface area contributed by atoms with Gasteiger partial charge in [0.2, 0.25) is 0 Å². The molecular formula is C10H11ClF3NO3. The summed E-state index contributed by atoms with van der Waals surface area (Å²) in [6.07, 6.45) is -4.60. The van der Waals surface area contributed by atoms with Crippen LogP contribution in [0.4, 0.5) is 13.2 Å². The van der Waals surface area contributed by atoms with Crippen molar-refractivity contribution in [3.05, 3.63) is 23.8 Å². The smallest absolute Gasteiger partial charge is 0.407 e. The molecule has 0 aromatic heterocycles. The van der Waals surface area contributed by atoms with Crippen LogP contribution < -0.4 is 10.5 Å². The normalized spacial score (nSPS) is 12.5. The Bertz CT molecular complexity index is 437. The lowest BCUT2D eigenvalue weighted by Crippen LogP contribution is -2.28. The van der Waals surface area contributed by atoms with Gasteiger partial charge in [-0.05, 0) is 17.7 Å². The van der Waals surface area contributed by atoms with Crippen LogP contribution in [-0.2, 0) is 4.79 Å². The molecule has 0 radical (unpaired) electrons. The van der Waals surface area contributed by atoms with Gasteiger partial charge in [0.15, 0.2) is 11.5 Å². The van der Waals surface area contributed by atoms with Gasteiger partial charge in [-0.2, -0.15) is 13.2 Å². The molecule has 1 atom stereocenters. The van der Waals surface area contributed by atoms with Crippen LogP contribution in [0.2, 0.25) is 0 Å². The Balaban J connectivity index is 0.00000289. The Kier molecular flexibility index (Phi) is 5.44. The number of hydrogen-bond acceptors (Lipinski definition) is 4. The molecule has 0 aliphatic carbocycles. The van der Waals surface area contributed by atoms with E-state index in [1.54, 1.807) is 0 Å². The number of hydrogen-bond donors (Lipinski definition) is 2. The lowest BCUT2D eigenvalue weighted by atomic mass is 10.1. The number of nitrogens with two attached hydrogens (primary N) is 1. The van der Waals surface area contributed by atoms with Crippen molar-refractivity contribution < 1.29 is 27.8 Å². The number of halogens is 4. The predicted octanol–water partition coefficient (Wildman–Crippen LogP) is 2.30. The van der Waals surface area contributed by atoms with Gasteiger partial charge >= 0.3 is 12.1 Å². The second-order valence-electron chi connectivity index (χ2n) is 3.34. The zero-order valence-electron chi connectivity index (χ0n) is 9.19. The molecular weight excluding hydrogens is 275 g/mol. The van der Waals surface area contributed by atoms with E-state index >= 15 is 0 Å². The van der Waals surface area contributed by atoms with E-state index in [2.05, 4.69) is 4.74 Å². The van der Waals surface area contributed by atoms with Crippen LogP contribution in [-0.4, -0.2) is 17.3 Å². The van der Waals surface area contributed by atoms with Gasteiger partial charge in [0.05, 0.1) is 0 Å². The number of phenols is 1. The van der Waals surface area contributed by atoms with Crippen molar-refractivity contribution in [2.45, 2.75) is 19.1 Å². The van der Waals surface area contributed by atoms with Crippen molar-refractivity contribution in [1.82, 2.24) is 0 Å². The fourth-order valence-electron chi connectivity index (χ4n) is 1.16. The Morgan fingerprint density at radius 3 is 2.39 bits per heavy atom. The zero-order chi connectivity index (χ0) is 13.2. The molecule has 8 heteroatoms. The van der Waals surface area contributed by atoms with Crippen molar-refractivity contribution in [2.75, 3.05) is 0 Å². The molecule has 102 valence electrons. The molecule has 0 spiro atoms. The van der Waals surface area contributed by atoms with Gasteiger partial charge < -0.3 is 15.6 Å². The first-order valence-corrected chi connectivity index (χ1v) is 4.55. The van der Waals surface area contributed by atoms with Crippen LogP contribution in [0.15, 0.2) is 18.2 Å². The van der Waals surface area contributed by atoms with Crippen LogP contribution >= 0.6 is 12.4 Å². The van der Waals surface area contributed by atoms with E-state index in [1.165, 1.54) is 0 Å². The fourth-order valence-corrected chi connectivity index (χ4v) is 1.16. The number of benzene rings is 1. The summed E-state index contributed by atoms with van der Waals surface area (Å²) in [6, 6.07) is 0.712. The number of ether oxygens (including phenoxy) is 1. The molecule has 18 heavy (non-hydrogen) atoms. The molecule has 1 aromatic rings. The molecule has 0 saturated heterocycles. The van der Waals surface area contributed by atoms with Crippen LogP contribution in [0.3, 0.4) is 0 Å². The Labute approximate surface area is 107 Å². The average molecular weight is 286 g/mol. The molecule has 0 heterocycles. The van der Waals surface area contributed by atoms with Crippen molar-refractivity contribution in [3.63, 3.8) is 0 Å². The number of carbonyl (C=O) groups excluding carboxylic acids is 1. The minimum Gasteiger partial charge on any atom is -0.504 e. The highest BCUT2D eigenvalue weighted by molar-refractivity contribution is 5.85. The molecule has 0 saturated carbocycles. The second-order valence-corrected chi connectivity index (χ2v) is 3.34. The standard InChI is InChI=1S/C10H10F3NO3.ClH/c1-5(15)17-8-3-2-6(4-7(8)16)9(14)10(11,12)13;/h2-4,9,16H,14H2,1H3;1H/t9-;/m1./s1. The first-order chi connectivity index (χ1) is 7.71. The molecule has 0 bridgehead atoms. The maximum absolute atomic E-state index is 12.3. The van der Waals surface area contributed by atoms with E-state index in [-0.39, 0.29) is 23.7 Å². The summed E-state index contributed by atoms with van der Waals surface area (Å²) in [5, 5.41) is 9.35. The second kappa shape index (κ2) is 5.92. The molecule has 3 N–H and O–H groups in total. The summed E-state index contributed by atoms with van der Waals surface area (Å²) in [6.45, 7) is 1.11. The topological polar surface area (TPSA) is 72.5 Å². The Morgan fingerprint density at radius 1 is 1.44 bits per heavy atom. The molecule has 0 aliphatic rings. The largest absolute Gasteiger partial charge is 0.504 e. The Morgan fingerprint density at radius 2 is 2.00 bits per heavy atom. The molecule has 1 rings (SSSR count). The van der Waals surface area contributed by atoms with Crippen LogP contribution in [0, 0.1) is 0 Å². The van der Waals surface area contributed by atoms with Gasteiger partial charge in [-0.1, -0.05) is 6.07 Å². The highest BCUT2D eigenvalue weighted by atomic mass is 35.5. The first kappa shape index (κ1) is 16.5. The summed E-state index contributed by atoms with van der Waals surface area (Å²) in [4.78, 5) is 10.6. The minimum absolute atomic E-state index is 0. The lowest BCUT2D eigenvalue weighted by molar-refractivity contribution is -0.149. The van der Waals surface area contributed by atoms with E-state index in [1.807, 2.05) is 0 Å². The molecule has 0 aliphatic heterocycles. The molecule has 1 aromatic carbocycles. The van der Waals surface area contributed by atoms with Crippen LogP contribution in [0.1, 0.15) is 18.5 Å². The molecule has 0 unspecified atom stereocenters. The van der Waals surface area contributed by atoms with Gasteiger partial charge in [0.25, 0.3) is 0 Å². The third kappa shape index (κ3) is 4.08. The summed E-state index contributed by atoms with van der Waals surface area (Å²) < 4.78 is 41.4. The number of aromatic hydroxyl groups is 1. The first-order valence-electron chi connectivity index (χ1n) is 4.55. The monoisotopic (exact) mass is 285 g/mol. The zero-order valence-corrected chi connectivity index (χ0v) is 10.0. The van der Waals surface area contributed by atoms with Gasteiger partial charge in [0.1, 0.15) is 6.04 Å². The quantitative estimate of drug-likeness (QED) is 0.646.